The summed E-state index contributed by atoms with van der Waals surface area (Å²) < 4.78 is 5.71. The summed E-state index contributed by atoms with van der Waals surface area (Å²) in [4.78, 5) is 10.3. The standard InChI is InChI=1S/C14H12ClNO3/c1-10-8-12(6-7-13(10)16(17)18)19-14-5-3-2-4-11(14)9-15/h2-8H,9H2,1H3. The molecule has 5 heteroatoms. The van der Waals surface area contributed by atoms with Crippen molar-refractivity contribution in [2.75, 3.05) is 0 Å². The van der Waals surface area contributed by atoms with Crippen LogP contribution in [0.1, 0.15) is 11.1 Å². The van der Waals surface area contributed by atoms with Gasteiger partial charge in [-0.05, 0) is 25.1 Å². The van der Waals surface area contributed by atoms with E-state index in [1.54, 1.807) is 19.1 Å². The van der Waals surface area contributed by atoms with Gasteiger partial charge in [-0.1, -0.05) is 18.2 Å². The fourth-order valence-electron chi connectivity index (χ4n) is 1.74. The summed E-state index contributed by atoms with van der Waals surface area (Å²) in [6, 6.07) is 12.1. The van der Waals surface area contributed by atoms with Crippen molar-refractivity contribution in [3.8, 4) is 11.5 Å². The molecule has 0 unspecified atom stereocenters. The first-order chi connectivity index (χ1) is 9.11. The largest absolute Gasteiger partial charge is 0.457 e. The molecule has 0 saturated carbocycles. The van der Waals surface area contributed by atoms with Gasteiger partial charge in [0.05, 0.1) is 10.8 Å². The number of nitro groups is 1. The van der Waals surface area contributed by atoms with Crippen LogP contribution in [0, 0.1) is 17.0 Å². The molecule has 0 atom stereocenters. The summed E-state index contributed by atoms with van der Waals surface area (Å²) in [5, 5.41) is 10.7. The van der Waals surface area contributed by atoms with Gasteiger partial charge in [-0.15, -0.1) is 11.6 Å². The number of ether oxygens (including phenoxy) is 1. The molecule has 2 aromatic rings. The zero-order chi connectivity index (χ0) is 13.8. The van der Waals surface area contributed by atoms with Gasteiger partial charge in [-0.2, -0.15) is 0 Å². The number of para-hydroxylation sites is 1. The summed E-state index contributed by atoms with van der Waals surface area (Å²) >= 11 is 5.83. The molecule has 0 spiro atoms. The monoisotopic (exact) mass is 277 g/mol. The van der Waals surface area contributed by atoms with Crippen molar-refractivity contribution in [3.05, 3.63) is 63.7 Å². The van der Waals surface area contributed by atoms with Gasteiger partial charge in [0.15, 0.2) is 0 Å². The lowest BCUT2D eigenvalue weighted by molar-refractivity contribution is -0.385. The SMILES string of the molecule is Cc1cc(Oc2ccccc2CCl)ccc1[N+](=O)[O-]. The maximum Gasteiger partial charge on any atom is 0.272 e. The topological polar surface area (TPSA) is 52.4 Å². The van der Waals surface area contributed by atoms with Crippen molar-refractivity contribution in [1.29, 1.82) is 0 Å². The van der Waals surface area contributed by atoms with Crippen molar-refractivity contribution in [2.24, 2.45) is 0 Å². The van der Waals surface area contributed by atoms with Crippen molar-refractivity contribution < 1.29 is 9.66 Å². The Morgan fingerprint density at radius 2 is 2.00 bits per heavy atom. The number of nitro benzene ring substituents is 1. The summed E-state index contributed by atoms with van der Waals surface area (Å²) in [5.41, 5.74) is 1.52. The average Bonchev–Trinajstić information content (AvgIpc) is 2.39. The Morgan fingerprint density at radius 1 is 1.26 bits per heavy atom. The first kappa shape index (κ1) is 13.4. The van der Waals surface area contributed by atoms with E-state index in [4.69, 9.17) is 16.3 Å². The lowest BCUT2D eigenvalue weighted by Crippen LogP contribution is -1.93. The second kappa shape index (κ2) is 5.71. The number of aryl methyl sites for hydroxylation is 1. The zero-order valence-electron chi connectivity index (χ0n) is 10.3. The van der Waals surface area contributed by atoms with Gasteiger partial charge in [0.2, 0.25) is 0 Å². The number of alkyl halides is 1. The van der Waals surface area contributed by atoms with E-state index in [1.807, 2.05) is 24.3 Å². The quantitative estimate of drug-likeness (QED) is 0.472. The van der Waals surface area contributed by atoms with Gasteiger partial charge >= 0.3 is 0 Å². The third-order valence-electron chi connectivity index (χ3n) is 2.71. The maximum atomic E-state index is 10.7. The van der Waals surface area contributed by atoms with Gasteiger partial charge in [-0.25, -0.2) is 0 Å². The minimum atomic E-state index is -0.411. The number of hydrogen-bond donors (Lipinski definition) is 0. The summed E-state index contributed by atoms with van der Waals surface area (Å²) in [6.07, 6.45) is 0. The molecule has 0 N–H and O–H groups in total. The highest BCUT2D eigenvalue weighted by atomic mass is 35.5. The van der Waals surface area contributed by atoms with Crippen LogP contribution in [0.4, 0.5) is 5.69 Å². The molecule has 0 bridgehead atoms. The van der Waals surface area contributed by atoms with Gasteiger partial charge in [0.1, 0.15) is 11.5 Å². The molecular formula is C14H12ClNO3. The van der Waals surface area contributed by atoms with Gasteiger partial charge in [0.25, 0.3) is 5.69 Å². The molecule has 0 aliphatic heterocycles. The Balaban J connectivity index is 2.29. The maximum absolute atomic E-state index is 10.7. The van der Waals surface area contributed by atoms with E-state index in [0.717, 1.165) is 5.56 Å². The molecule has 0 saturated heterocycles. The Kier molecular flexibility index (Phi) is 4.02. The molecule has 0 radical (unpaired) electrons. The number of halogens is 1. The van der Waals surface area contributed by atoms with Crippen LogP contribution in [0.3, 0.4) is 0 Å². The first-order valence-corrected chi connectivity index (χ1v) is 6.22. The summed E-state index contributed by atoms with van der Waals surface area (Å²) in [7, 11) is 0. The highest BCUT2D eigenvalue weighted by Gasteiger charge is 2.11. The van der Waals surface area contributed by atoms with E-state index in [-0.39, 0.29) is 5.69 Å². The van der Waals surface area contributed by atoms with Crippen LogP contribution in [-0.4, -0.2) is 4.92 Å². The number of nitrogens with zero attached hydrogens (tertiary/aromatic N) is 1. The van der Waals surface area contributed by atoms with E-state index in [0.29, 0.717) is 22.9 Å². The molecule has 0 heterocycles. The van der Waals surface area contributed by atoms with E-state index >= 15 is 0 Å². The summed E-state index contributed by atoms with van der Waals surface area (Å²) in [6.45, 7) is 1.68. The molecule has 0 amide bonds. The Morgan fingerprint density at radius 3 is 2.63 bits per heavy atom. The lowest BCUT2D eigenvalue weighted by atomic mass is 10.2. The van der Waals surface area contributed by atoms with Crippen LogP contribution in [0.2, 0.25) is 0 Å². The highest BCUT2D eigenvalue weighted by molar-refractivity contribution is 6.17. The third-order valence-corrected chi connectivity index (χ3v) is 3.00. The van der Waals surface area contributed by atoms with Crippen LogP contribution in [0.5, 0.6) is 11.5 Å². The third kappa shape index (κ3) is 3.03. The number of benzene rings is 2. The molecular weight excluding hydrogens is 266 g/mol. The number of hydrogen-bond acceptors (Lipinski definition) is 3. The van der Waals surface area contributed by atoms with Crippen LogP contribution in [-0.2, 0) is 5.88 Å². The normalized spacial score (nSPS) is 10.2. The first-order valence-electron chi connectivity index (χ1n) is 5.68. The molecule has 4 nitrogen and oxygen atoms in total. The van der Waals surface area contributed by atoms with Crippen molar-refractivity contribution in [1.82, 2.24) is 0 Å². The highest BCUT2D eigenvalue weighted by Crippen LogP contribution is 2.29. The van der Waals surface area contributed by atoms with Crippen LogP contribution < -0.4 is 4.74 Å². The zero-order valence-corrected chi connectivity index (χ0v) is 11.1. The summed E-state index contributed by atoms with van der Waals surface area (Å²) in [5.74, 6) is 1.56. The fourth-order valence-corrected chi connectivity index (χ4v) is 1.96. The van der Waals surface area contributed by atoms with Crippen molar-refractivity contribution in [2.45, 2.75) is 12.8 Å². The molecule has 19 heavy (non-hydrogen) atoms. The predicted molar refractivity (Wildman–Crippen MR) is 73.9 cm³/mol. The average molecular weight is 278 g/mol. The fraction of sp³-hybridized carbons (Fsp3) is 0.143. The molecule has 0 aliphatic carbocycles. The molecule has 0 aliphatic rings. The molecule has 0 aromatic heterocycles. The predicted octanol–water partition coefficient (Wildman–Crippen LogP) is 4.43. The lowest BCUT2D eigenvalue weighted by Gasteiger charge is -2.09. The minimum absolute atomic E-state index is 0.0815. The van der Waals surface area contributed by atoms with Gasteiger partial charge < -0.3 is 4.74 Å². The number of rotatable bonds is 4. The van der Waals surface area contributed by atoms with Crippen LogP contribution in [0.25, 0.3) is 0 Å². The van der Waals surface area contributed by atoms with E-state index < -0.39 is 4.92 Å². The Labute approximate surface area is 115 Å². The molecule has 0 fully saturated rings. The molecule has 98 valence electrons. The molecule has 2 aromatic carbocycles. The van der Waals surface area contributed by atoms with Gasteiger partial charge in [0, 0.05) is 17.2 Å². The second-order valence-corrected chi connectivity index (χ2v) is 4.32. The molecule has 2 rings (SSSR count). The minimum Gasteiger partial charge on any atom is -0.457 e. The van der Waals surface area contributed by atoms with E-state index in [1.165, 1.54) is 6.07 Å². The van der Waals surface area contributed by atoms with Gasteiger partial charge in [-0.3, -0.25) is 10.1 Å². The van der Waals surface area contributed by atoms with Crippen LogP contribution >= 0.6 is 11.6 Å². The van der Waals surface area contributed by atoms with Crippen molar-refractivity contribution in [3.63, 3.8) is 0 Å². The van der Waals surface area contributed by atoms with E-state index in [2.05, 4.69) is 0 Å². The van der Waals surface area contributed by atoms with E-state index in [9.17, 15) is 10.1 Å². The smallest absolute Gasteiger partial charge is 0.272 e. The second-order valence-electron chi connectivity index (χ2n) is 4.05. The Hall–Kier alpha value is -2.07. The van der Waals surface area contributed by atoms with Crippen LogP contribution in [0.15, 0.2) is 42.5 Å². The Bertz CT molecular complexity index is 613. The van der Waals surface area contributed by atoms with Crippen molar-refractivity contribution >= 4 is 17.3 Å².